The van der Waals surface area contributed by atoms with Gasteiger partial charge in [-0.15, -0.1) is 0 Å². The fraction of sp³-hybridized carbons (Fsp3) is 0.846. The predicted molar refractivity (Wildman–Crippen MR) is 70.9 cm³/mol. The van der Waals surface area contributed by atoms with Crippen molar-refractivity contribution in [3.63, 3.8) is 0 Å². The third-order valence-electron chi connectivity index (χ3n) is 3.91. The highest BCUT2D eigenvalue weighted by Crippen LogP contribution is 2.17. The summed E-state index contributed by atoms with van der Waals surface area (Å²) in [5.74, 6) is -0.675. The quantitative estimate of drug-likeness (QED) is 0.720. The van der Waals surface area contributed by atoms with E-state index in [2.05, 4.69) is 10.2 Å². The highest BCUT2D eigenvalue weighted by molar-refractivity contribution is 5.78. The summed E-state index contributed by atoms with van der Waals surface area (Å²) in [6.45, 7) is 3.53. The largest absolute Gasteiger partial charge is 0.480 e. The SMILES string of the molecule is O=C(O)CN1CCN(CC(=O)NC2CCCC2)CC1. The van der Waals surface area contributed by atoms with E-state index in [9.17, 15) is 9.59 Å². The molecule has 0 radical (unpaired) electrons. The minimum absolute atomic E-state index is 0.0993. The average molecular weight is 269 g/mol. The molecule has 0 aromatic rings. The molecular weight excluding hydrogens is 246 g/mol. The lowest BCUT2D eigenvalue weighted by Crippen LogP contribution is -2.51. The standard InChI is InChI=1S/C13H23N3O3/c17-12(14-11-3-1-2-4-11)9-15-5-7-16(8-6-15)10-13(18)19/h11H,1-10H2,(H,14,17)(H,18,19). The van der Waals surface area contributed by atoms with Crippen LogP contribution in [0.3, 0.4) is 0 Å². The molecule has 108 valence electrons. The summed E-state index contributed by atoms with van der Waals surface area (Å²) < 4.78 is 0. The summed E-state index contributed by atoms with van der Waals surface area (Å²) in [7, 11) is 0. The summed E-state index contributed by atoms with van der Waals surface area (Å²) in [5, 5.41) is 11.8. The zero-order valence-electron chi connectivity index (χ0n) is 11.3. The highest BCUT2D eigenvalue weighted by atomic mass is 16.4. The van der Waals surface area contributed by atoms with Crippen molar-refractivity contribution in [2.75, 3.05) is 39.3 Å². The topological polar surface area (TPSA) is 72.9 Å². The predicted octanol–water partition coefficient (Wildman–Crippen LogP) is -0.253. The third-order valence-corrected chi connectivity index (χ3v) is 3.91. The van der Waals surface area contributed by atoms with Gasteiger partial charge in [0.05, 0.1) is 13.1 Å². The van der Waals surface area contributed by atoms with Gasteiger partial charge < -0.3 is 10.4 Å². The first-order valence-electron chi connectivity index (χ1n) is 7.09. The molecule has 6 nitrogen and oxygen atoms in total. The summed E-state index contributed by atoms with van der Waals surface area (Å²) in [6, 6.07) is 0.376. The molecule has 2 rings (SSSR count). The van der Waals surface area contributed by atoms with E-state index >= 15 is 0 Å². The van der Waals surface area contributed by atoms with Gasteiger partial charge >= 0.3 is 5.97 Å². The Hall–Kier alpha value is -1.14. The van der Waals surface area contributed by atoms with Crippen LogP contribution in [0, 0.1) is 0 Å². The summed E-state index contributed by atoms with van der Waals surface area (Å²) in [5.41, 5.74) is 0. The van der Waals surface area contributed by atoms with Gasteiger partial charge in [0.2, 0.25) is 5.91 Å². The number of hydrogen-bond donors (Lipinski definition) is 2. The lowest BCUT2D eigenvalue weighted by atomic mass is 10.2. The van der Waals surface area contributed by atoms with Gasteiger partial charge in [0, 0.05) is 32.2 Å². The molecule has 0 aromatic heterocycles. The van der Waals surface area contributed by atoms with Crippen LogP contribution in [0.2, 0.25) is 0 Å². The van der Waals surface area contributed by atoms with Crippen LogP contribution in [0.25, 0.3) is 0 Å². The zero-order valence-corrected chi connectivity index (χ0v) is 11.3. The first kappa shape index (κ1) is 14.3. The zero-order chi connectivity index (χ0) is 13.7. The lowest BCUT2D eigenvalue weighted by molar-refractivity contribution is -0.139. The fourth-order valence-corrected chi connectivity index (χ4v) is 2.84. The summed E-state index contributed by atoms with van der Waals surface area (Å²) >= 11 is 0. The van der Waals surface area contributed by atoms with Crippen molar-refractivity contribution < 1.29 is 14.7 Å². The maximum atomic E-state index is 11.9. The monoisotopic (exact) mass is 269 g/mol. The van der Waals surface area contributed by atoms with Crippen LogP contribution < -0.4 is 5.32 Å². The molecule has 1 aliphatic carbocycles. The number of carbonyl (C=O) groups excluding carboxylic acids is 1. The van der Waals surface area contributed by atoms with Gasteiger partial charge in [-0.3, -0.25) is 19.4 Å². The molecule has 19 heavy (non-hydrogen) atoms. The van der Waals surface area contributed by atoms with E-state index in [4.69, 9.17) is 5.11 Å². The van der Waals surface area contributed by atoms with E-state index in [0.717, 1.165) is 39.0 Å². The van der Waals surface area contributed by atoms with Gasteiger partial charge in [0.25, 0.3) is 0 Å². The number of aliphatic carboxylic acids is 1. The summed E-state index contributed by atoms with van der Waals surface area (Å²) in [6.07, 6.45) is 4.66. The molecule has 0 aromatic carbocycles. The van der Waals surface area contributed by atoms with E-state index < -0.39 is 5.97 Å². The number of carboxylic acid groups (broad SMARTS) is 1. The van der Waals surface area contributed by atoms with Crippen molar-refractivity contribution in [2.24, 2.45) is 0 Å². The van der Waals surface area contributed by atoms with E-state index in [1.54, 1.807) is 0 Å². The van der Waals surface area contributed by atoms with Gasteiger partial charge in [-0.1, -0.05) is 12.8 Å². The third kappa shape index (κ3) is 4.80. The molecule has 2 N–H and O–H groups in total. The van der Waals surface area contributed by atoms with E-state index in [0.29, 0.717) is 12.6 Å². The summed E-state index contributed by atoms with van der Waals surface area (Å²) in [4.78, 5) is 26.5. The molecule has 2 aliphatic rings. The molecule has 2 fully saturated rings. The normalized spacial score (nSPS) is 22.5. The lowest BCUT2D eigenvalue weighted by Gasteiger charge is -2.33. The number of nitrogens with zero attached hydrogens (tertiary/aromatic N) is 2. The Bertz CT molecular complexity index is 321. The maximum Gasteiger partial charge on any atom is 0.317 e. The van der Waals surface area contributed by atoms with Crippen molar-refractivity contribution >= 4 is 11.9 Å². The van der Waals surface area contributed by atoms with Gasteiger partial charge in [-0.25, -0.2) is 0 Å². The molecule has 0 unspecified atom stereocenters. The van der Waals surface area contributed by atoms with Crippen molar-refractivity contribution in [1.29, 1.82) is 0 Å². The second kappa shape index (κ2) is 6.86. The van der Waals surface area contributed by atoms with Crippen LogP contribution in [0.1, 0.15) is 25.7 Å². The first-order valence-corrected chi connectivity index (χ1v) is 7.09. The van der Waals surface area contributed by atoms with E-state index in [-0.39, 0.29) is 12.5 Å². The highest BCUT2D eigenvalue weighted by Gasteiger charge is 2.22. The van der Waals surface area contributed by atoms with Crippen LogP contribution in [0.5, 0.6) is 0 Å². The molecule has 0 spiro atoms. The van der Waals surface area contributed by atoms with Gasteiger partial charge in [-0.05, 0) is 12.8 Å². The van der Waals surface area contributed by atoms with Crippen LogP contribution in [-0.4, -0.2) is 72.1 Å². The van der Waals surface area contributed by atoms with Crippen molar-refractivity contribution in [3.8, 4) is 0 Å². The molecule has 1 saturated carbocycles. The number of carbonyl (C=O) groups is 2. The Labute approximate surface area is 113 Å². The number of rotatable bonds is 5. The van der Waals surface area contributed by atoms with Crippen molar-refractivity contribution in [2.45, 2.75) is 31.7 Å². The Balaban J connectivity index is 1.64. The minimum Gasteiger partial charge on any atom is -0.480 e. The molecule has 1 heterocycles. The minimum atomic E-state index is -0.785. The second-order valence-corrected chi connectivity index (χ2v) is 5.49. The molecule has 1 aliphatic heterocycles. The average Bonchev–Trinajstić information content (AvgIpc) is 2.83. The number of hydrogen-bond acceptors (Lipinski definition) is 4. The van der Waals surface area contributed by atoms with Crippen molar-refractivity contribution in [1.82, 2.24) is 15.1 Å². The maximum absolute atomic E-state index is 11.9. The molecule has 1 saturated heterocycles. The molecule has 6 heteroatoms. The van der Waals surface area contributed by atoms with E-state index in [1.807, 2.05) is 4.90 Å². The number of amides is 1. The number of piperazine rings is 1. The van der Waals surface area contributed by atoms with Crippen LogP contribution in [0.4, 0.5) is 0 Å². The number of nitrogens with one attached hydrogen (secondary N) is 1. The molecule has 0 atom stereocenters. The smallest absolute Gasteiger partial charge is 0.317 e. The Kier molecular flexibility index (Phi) is 5.15. The Morgan fingerprint density at radius 3 is 2.05 bits per heavy atom. The Morgan fingerprint density at radius 1 is 1.00 bits per heavy atom. The van der Waals surface area contributed by atoms with Crippen LogP contribution >= 0.6 is 0 Å². The van der Waals surface area contributed by atoms with Gasteiger partial charge in [-0.2, -0.15) is 0 Å². The molecular formula is C13H23N3O3. The van der Waals surface area contributed by atoms with Crippen LogP contribution in [0.15, 0.2) is 0 Å². The Morgan fingerprint density at radius 2 is 1.53 bits per heavy atom. The van der Waals surface area contributed by atoms with Gasteiger partial charge in [0.15, 0.2) is 0 Å². The first-order chi connectivity index (χ1) is 9.13. The second-order valence-electron chi connectivity index (χ2n) is 5.49. The van der Waals surface area contributed by atoms with Crippen molar-refractivity contribution in [3.05, 3.63) is 0 Å². The molecule has 0 bridgehead atoms. The number of carboxylic acids is 1. The van der Waals surface area contributed by atoms with Crippen LogP contribution in [-0.2, 0) is 9.59 Å². The van der Waals surface area contributed by atoms with E-state index in [1.165, 1.54) is 12.8 Å². The fourth-order valence-electron chi connectivity index (χ4n) is 2.84. The molecule has 1 amide bonds. The van der Waals surface area contributed by atoms with Gasteiger partial charge in [0.1, 0.15) is 0 Å².